The molecule has 1 saturated heterocycles. The predicted octanol–water partition coefficient (Wildman–Crippen LogP) is 1.07. The van der Waals surface area contributed by atoms with Crippen LogP contribution in [-0.2, 0) is 4.74 Å². The zero-order valence-corrected chi connectivity index (χ0v) is 6.58. The minimum Gasteiger partial charge on any atom is -0.423 e. The first-order chi connectivity index (χ1) is 6.25. The number of hydrogen-bond acceptors (Lipinski definition) is 3. The Morgan fingerprint density at radius 2 is 2.31 bits per heavy atom. The average molecular weight is 182 g/mol. The van der Waals surface area contributed by atoms with Crippen LogP contribution in [0.15, 0.2) is 24.3 Å². The molecule has 68 valence electrons. The second-order valence-electron chi connectivity index (χ2n) is 2.61. The Balaban J connectivity index is 2.21. The lowest BCUT2D eigenvalue weighted by molar-refractivity contribution is 0.130. The minimum atomic E-state index is -0.608. The maximum atomic E-state index is 12.7. The highest BCUT2D eigenvalue weighted by atomic mass is 19.1. The van der Waals surface area contributed by atoms with Crippen molar-refractivity contribution in [2.45, 2.75) is 6.23 Å². The van der Waals surface area contributed by atoms with E-state index in [0.29, 0.717) is 5.56 Å². The number of halogens is 1. The van der Waals surface area contributed by atoms with Gasteiger partial charge in [-0.25, -0.2) is 9.18 Å². The van der Waals surface area contributed by atoms with Gasteiger partial charge in [0, 0.05) is 5.56 Å². The lowest BCUT2D eigenvalue weighted by Crippen LogP contribution is -2.26. The fourth-order valence-electron chi connectivity index (χ4n) is 1.11. The van der Waals surface area contributed by atoms with Gasteiger partial charge in [-0.05, 0) is 12.1 Å². The van der Waals surface area contributed by atoms with E-state index in [1.54, 1.807) is 12.1 Å². The van der Waals surface area contributed by atoms with Gasteiger partial charge in [0.05, 0.1) is 0 Å². The van der Waals surface area contributed by atoms with Crippen molar-refractivity contribution in [1.82, 2.24) is 10.9 Å². The predicted molar refractivity (Wildman–Crippen MR) is 41.9 cm³/mol. The summed E-state index contributed by atoms with van der Waals surface area (Å²) < 4.78 is 17.5. The first-order valence-corrected chi connectivity index (χ1v) is 3.73. The molecule has 0 saturated carbocycles. The Labute approximate surface area is 73.7 Å². The summed E-state index contributed by atoms with van der Waals surface area (Å²) in [5.74, 6) is -0.359. The van der Waals surface area contributed by atoms with Gasteiger partial charge in [0.25, 0.3) is 0 Å². The summed E-state index contributed by atoms with van der Waals surface area (Å²) in [5, 5.41) is 0. The van der Waals surface area contributed by atoms with Gasteiger partial charge < -0.3 is 4.74 Å². The topological polar surface area (TPSA) is 50.4 Å². The van der Waals surface area contributed by atoms with Crippen LogP contribution in [-0.4, -0.2) is 6.09 Å². The second kappa shape index (κ2) is 3.02. The first-order valence-electron chi connectivity index (χ1n) is 3.73. The van der Waals surface area contributed by atoms with E-state index in [9.17, 15) is 9.18 Å². The molecule has 1 fully saturated rings. The zero-order valence-electron chi connectivity index (χ0n) is 6.58. The number of benzene rings is 1. The highest BCUT2D eigenvalue weighted by Crippen LogP contribution is 2.17. The molecule has 1 aromatic rings. The summed E-state index contributed by atoms with van der Waals surface area (Å²) in [5.41, 5.74) is 5.38. The van der Waals surface area contributed by atoms with E-state index >= 15 is 0 Å². The molecular weight excluding hydrogens is 175 g/mol. The molecule has 2 N–H and O–H groups in total. The quantitative estimate of drug-likeness (QED) is 0.683. The monoisotopic (exact) mass is 182 g/mol. The molecule has 1 heterocycles. The van der Waals surface area contributed by atoms with Crippen molar-refractivity contribution in [2.24, 2.45) is 0 Å². The molecule has 1 atom stereocenters. The van der Waals surface area contributed by atoms with Crippen molar-refractivity contribution in [2.75, 3.05) is 0 Å². The number of ether oxygens (including phenoxy) is 1. The van der Waals surface area contributed by atoms with Gasteiger partial charge in [-0.2, -0.15) is 5.43 Å². The number of rotatable bonds is 1. The van der Waals surface area contributed by atoms with Gasteiger partial charge in [0.1, 0.15) is 5.82 Å². The number of carbonyl (C=O) groups excluding carboxylic acids is 1. The van der Waals surface area contributed by atoms with Crippen LogP contribution in [0.3, 0.4) is 0 Å². The van der Waals surface area contributed by atoms with Crippen LogP contribution in [0.25, 0.3) is 0 Å². The number of cyclic esters (lactones) is 1. The van der Waals surface area contributed by atoms with Crippen LogP contribution >= 0.6 is 0 Å². The normalized spacial score (nSPS) is 21.0. The Morgan fingerprint density at radius 1 is 1.46 bits per heavy atom. The molecule has 1 aliphatic heterocycles. The van der Waals surface area contributed by atoms with E-state index in [-0.39, 0.29) is 5.82 Å². The highest BCUT2D eigenvalue weighted by Gasteiger charge is 2.23. The molecule has 1 aromatic carbocycles. The van der Waals surface area contributed by atoms with E-state index in [1.165, 1.54) is 12.1 Å². The van der Waals surface area contributed by atoms with Crippen LogP contribution in [0.2, 0.25) is 0 Å². The number of hydrogen-bond donors (Lipinski definition) is 2. The standard InChI is InChI=1S/C8H7FN2O2/c9-6-3-1-2-5(4-6)7-10-11-8(12)13-7/h1-4,7,10H,(H,11,12). The summed E-state index contributed by atoms with van der Waals surface area (Å²) in [4.78, 5) is 10.6. The smallest absolute Gasteiger partial charge is 0.423 e. The Kier molecular flexibility index (Phi) is 1.86. The van der Waals surface area contributed by atoms with Crippen molar-refractivity contribution in [3.05, 3.63) is 35.6 Å². The van der Waals surface area contributed by atoms with E-state index in [2.05, 4.69) is 10.9 Å². The summed E-state index contributed by atoms with van der Waals surface area (Å²) in [7, 11) is 0. The molecule has 4 nitrogen and oxygen atoms in total. The van der Waals surface area contributed by atoms with Crippen molar-refractivity contribution < 1.29 is 13.9 Å². The molecule has 0 aromatic heterocycles. The van der Waals surface area contributed by atoms with Crippen LogP contribution < -0.4 is 10.9 Å². The molecule has 0 spiro atoms. The summed E-state index contributed by atoms with van der Waals surface area (Å²) in [6.07, 6.45) is -1.17. The van der Waals surface area contributed by atoms with Crippen molar-refractivity contribution in [1.29, 1.82) is 0 Å². The Bertz CT molecular complexity index is 343. The van der Waals surface area contributed by atoms with Gasteiger partial charge in [0.2, 0.25) is 0 Å². The molecular formula is C8H7FN2O2. The van der Waals surface area contributed by atoms with E-state index in [4.69, 9.17) is 4.74 Å². The SMILES string of the molecule is O=C1NNC(c2cccc(F)c2)O1. The molecule has 1 aliphatic rings. The van der Waals surface area contributed by atoms with Gasteiger partial charge in [0.15, 0.2) is 6.23 Å². The maximum Gasteiger partial charge on any atom is 0.423 e. The fraction of sp³-hybridized carbons (Fsp3) is 0.125. The lowest BCUT2D eigenvalue weighted by Gasteiger charge is -2.07. The maximum absolute atomic E-state index is 12.7. The molecule has 5 heteroatoms. The molecule has 0 aliphatic carbocycles. The van der Waals surface area contributed by atoms with Crippen LogP contribution in [0, 0.1) is 5.82 Å². The molecule has 1 amide bonds. The zero-order chi connectivity index (χ0) is 9.26. The number of hydrazine groups is 1. The fourth-order valence-corrected chi connectivity index (χ4v) is 1.11. The van der Waals surface area contributed by atoms with E-state index < -0.39 is 12.3 Å². The van der Waals surface area contributed by atoms with Crippen molar-refractivity contribution in [3.63, 3.8) is 0 Å². The number of amides is 1. The summed E-state index contributed by atoms with van der Waals surface area (Å²) in [6.45, 7) is 0. The van der Waals surface area contributed by atoms with Crippen LogP contribution in [0.1, 0.15) is 11.8 Å². The summed E-state index contributed by atoms with van der Waals surface area (Å²) in [6, 6.07) is 5.85. The van der Waals surface area contributed by atoms with Gasteiger partial charge in [-0.1, -0.05) is 12.1 Å². The second-order valence-corrected chi connectivity index (χ2v) is 2.61. The third-order valence-corrected chi connectivity index (χ3v) is 1.68. The average Bonchev–Trinajstić information content (AvgIpc) is 2.52. The number of nitrogens with one attached hydrogen (secondary N) is 2. The highest BCUT2D eigenvalue weighted by molar-refractivity contribution is 5.68. The molecule has 13 heavy (non-hydrogen) atoms. The first kappa shape index (κ1) is 8.00. The third kappa shape index (κ3) is 1.59. The lowest BCUT2D eigenvalue weighted by atomic mass is 10.2. The van der Waals surface area contributed by atoms with Crippen molar-refractivity contribution in [3.8, 4) is 0 Å². The van der Waals surface area contributed by atoms with Crippen LogP contribution in [0.4, 0.5) is 9.18 Å². The summed E-state index contributed by atoms with van der Waals surface area (Å²) >= 11 is 0. The van der Waals surface area contributed by atoms with E-state index in [0.717, 1.165) is 0 Å². The minimum absolute atomic E-state index is 0.359. The Hall–Kier alpha value is -1.62. The third-order valence-electron chi connectivity index (χ3n) is 1.68. The van der Waals surface area contributed by atoms with Crippen molar-refractivity contribution >= 4 is 6.09 Å². The van der Waals surface area contributed by atoms with Crippen LogP contribution in [0.5, 0.6) is 0 Å². The molecule has 1 unspecified atom stereocenters. The molecule has 2 rings (SSSR count). The van der Waals surface area contributed by atoms with Gasteiger partial charge in [-0.15, -0.1) is 0 Å². The largest absolute Gasteiger partial charge is 0.423 e. The molecule has 0 radical (unpaired) electrons. The Morgan fingerprint density at radius 3 is 2.92 bits per heavy atom. The van der Waals surface area contributed by atoms with Gasteiger partial charge >= 0.3 is 6.09 Å². The van der Waals surface area contributed by atoms with E-state index in [1.807, 2.05) is 0 Å². The van der Waals surface area contributed by atoms with Gasteiger partial charge in [-0.3, -0.25) is 5.43 Å². The molecule has 0 bridgehead atoms. The number of carbonyl (C=O) groups is 1.